The lowest BCUT2D eigenvalue weighted by Crippen LogP contribution is -2.27. The Morgan fingerprint density at radius 2 is 1.83 bits per heavy atom. The van der Waals surface area contributed by atoms with Gasteiger partial charge in [-0.3, -0.25) is 9.59 Å². The van der Waals surface area contributed by atoms with E-state index >= 15 is 0 Å². The Kier molecular flexibility index (Phi) is 4.58. The van der Waals surface area contributed by atoms with Crippen LogP contribution in [0.4, 0.5) is 5.69 Å². The van der Waals surface area contributed by atoms with E-state index in [1.807, 2.05) is 38.1 Å². The molecule has 1 atom stereocenters. The minimum Gasteiger partial charge on any atom is -0.426 e. The van der Waals surface area contributed by atoms with E-state index in [2.05, 4.69) is 0 Å². The summed E-state index contributed by atoms with van der Waals surface area (Å²) in [6, 6.07) is 12.8. The van der Waals surface area contributed by atoms with Crippen LogP contribution in [0, 0.1) is 19.8 Å². The number of carbonyl (C=O) groups excluding carboxylic acids is 2. The van der Waals surface area contributed by atoms with Gasteiger partial charge in [0.2, 0.25) is 5.91 Å². The Labute approximate surface area is 146 Å². The molecule has 0 spiro atoms. The molecule has 2 aromatic rings. The molecule has 0 saturated carbocycles. The molecular formula is C19H18ClNO3. The maximum absolute atomic E-state index is 12.5. The number of hydrogen-bond acceptors (Lipinski definition) is 3. The summed E-state index contributed by atoms with van der Waals surface area (Å²) in [5.41, 5.74) is 2.51. The zero-order chi connectivity index (χ0) is 17.3. The van der Waals surface area contributed by atoms with Crippen molar-refractivity contribution >= 4 is 29.2 Å². The Bertz CT molecular complexity index is 783. The van der Waals surface area contributed by atoms with Crippen molar-refractivity contribution in [2.75, 3.05) is 11.4 Å². The minimum atomic E-state index is -0.476. The van der Waals surface area contributed by atoms with E-state index in [4.69, 9.17) is 16.3 Å². The highest BCUT2D eigenvalue weighted by Gasteiger charge is 2.36. The zero-order valence-electron chi connectivity index (χ0n) is 13.6. The number of hydrogen-bond donors (Lipinski definition) is 0. The lowest BCUT2D eigenvalue weighted by Gasteiger charge is -2.17. The number of esters is 1. The van der Waals surface area contributed by atoms with Crippen LogP contribution in [0.15, 0.2) is 42.5 Å². The summed E-state index contributed by atoms with van der Waals surface area (Å²) >= 11 is 5.98. The topological polar surface area (TPSA) is 46.6 Å². The van der Waals surface area contributed by atoms with Crippen LogP contribution in [-0.4, -0.2) is 18.4 Å². The molecule has 1 saturated heterocycles. The van der Waals surface area contributed by atoms with Crippen molar-refractivity contribution in [3.63, 3.8) is 0 Å². The van der Waals surface area contributed by atoms with Crippen LogP contribution in [0.25, 0.3) is 0 Å². The Morgan fingerprint density at radius 1 is 1.17 bits per heavy atom. The molecule has 0 unspecified atom stereocenters. The quantitative estimate of drug-likeness (QED) is 0.627. The van der Waals surface area contributed by atoms with Crippen molar-refractivity contribution in [3.8, 4) is 5.75 Å². The molecule has 5 heteroatoms. The molecule has 1 aliphatic rings. The van der Waals surface area contributed by atoms with Crippen LogP contribution in [0.3, 0.4) is 0 Å². The monoisotopic (exact) mass is 343 g/mol. The summed E-state index contributed by atoms with van der Waals surface area (Å²) in [5, 5.41) is 0.557. The largest absolute Gasteiger partial charge is 0.426 e. The maximum Gasteiger partial charge on any atom is 0.316 e. The smallest absolute Gasteiger partial charge is 0.316 e. The number of para-hydroxylation sites is 1. The van der Waals surface area contributed by atoms with Crippen LogP contribution in [0.2, 0.25) is 5.02 Å². The molecule has 4 nitrogen and oxygen atoms in total. The Hall–Kier alpha value is -2.33. The Balaban J connectivity index is 1.75. The van der Waals surface area contributed by atoms with Crippen molar-refractivity contribution in [3.05, 3.63) is 58.6 Å². The number of amides is 1. The van der Waals surface area contributed by atoms with Gasteiger partial charge < -0.3 is 9.64 Å². The first-order chi connectivity index (χ1) is 11.5. The lowest BCUT2D eigenvalue weighted by molar-refractivity contribution is -0.139. The third kappa shape index (κ3) is 3.29. The normalized spacial score (nSPS) is 17.2. The molecule has 1 amide bonds. The van der Waals surface area contributed by atoms with E-state index in [1.165, 1.54) is 0 Å². The van der Waals surface area contributed by atoms with Gasteiger partial charge in [-0.25, -0.2) is 0 Å². The number of anilines is 1. The van der Waals surface area contributed by atoms with E-state index in [0.717, 1.165) is 11.1 Å². The number of aryl methyl sites for hydroxylation is 2. The number of halogens is 1. The molecule has 124 valence electrons. The first-order valence-electron chi connectivity index (χ1n) is 7.79. The summed E-state index contributed by atoms with van der Waals surface area (Å²) in [7, 11) is 0. The van der Waals surface area contributed by atoms with Crippen molar-refractivity contribution < 1.29 is 14.3 Å². The van der Waals surface area contributed by atoms with E-state index < -0.39 is 5.92 Å². The fraction of sp³-hybridized carbons (Fsp3) is 0.263. The number of rotatable bonds is 3. The van der Waals surface area contributed by atoms with Crippen LogP contribution in [0.5, 0.6) is 5.75 Å². The van der Waals surface area contributed by atoms with Crippen LogP contribution < -0.4 is 9.64 Å². The van der Waals surface area contributed by atoms with Crippen molar-refractivity contribution in [1.82, 2.24) is 0 Å². The van der Waals surface area contributed by atoms with Gasteiger partial charge in [0.05, 0.1) is 5.92 Å². The molecule has 0 aliphatic carbocycles. The molecule has 0 N–H and O–H groups in total. The van der Waals surface area contributed by atoms with E-state index in [9.17, 15) is 9.59 Å². The van der Waals surface area contributed by atoms with Gasteiger partial charge >= 0.3 is 5.97 Å². The highest BCUT2D eigenvalue weighted by Crippen LogP contribution is 2.29. The molecule has 1 heterocycles. The van der Waals surface area contributed by atoms with Crippen molar-refractivity contribution in [1.29, 1.82) is 0 Å². The fourth-order valence-corrected chi connectivity index (χ4v) is 3.09. The van der Waals surface area contributed by atoms with E-state index in [1.54, 1.807) is 23.1 Å². The second kappa shape index (κ2) is 6.65. The summed E-state index contributed by atoms with van der Waals surface area (Å²) in [6.45, 7) is 4.10. The van der Waals surface area contributed by atoms with Gasteiger partial charge in [0.1, 0.15) is 5.75 Å². The molecule has 1 aliphatic heterocycles. The highest BCUT2D eigenvalue weighted by molar-refractivity contribution is 6.30. The average molecular weight is 344 g/mol. The molecular weight excluding hydrogens is 326 g/mol. The average Bonchev–Trinajstić information content (AvgIpc) is 2.93. The summed E-state index contributed by atoms with van der Waals surface area (Å²) in [5.74, 6) is -0.363. The zero-order valence-corrected chi connectivity index (χ0v) is 14.3. The molecule has 24 heavy (non-hydrogen) atoms. The summed E-state index contributed by atoms with van der Waals surface area (Å²) in [4.78, 5) is 26.3. The van der Waals surface area contributed by atoms with Crippen LogP contribution in [-0.2, 0) is 9.59 Å². The lowest BCUT2D eigenvalue weighted by atomic mass is 10.1. The molecule has 3 rings (SSSR count). The number of nitrogens with zero attached hydrogens (tertiary/aromatic N) is 1. The van der Waals surface area contributed by atoms with Crippen LogP contribution in [0.1, 0.15) is 17.5 Å². The van der Waals surface area contributed by atoms with E-state index in [0.29, 0.717) is 23.0 Å². The fourth-order valence-electron chi connectivity index (χ4n) is 2.90. The minimum absolute atomic E-state index is 0.0966. The molecule has 0 radical (unpaired) electrons. The van der Waals surface area contributed by atoms with Crippen molar-refractivity contribution in [2.45, 2.75) is 20.3 Å². The van der Waals surface area contributed by atoms with Gasteiger partial charge in [-0.1, -0.05) is 35.9 Å². The molecule has 0 bridgehead atoms. The number of benzene rings is 2. The van der Waals surface area contributed by atoms with Gasteiger partial charge in [-0.15, -0.1) is 0 Å². The van der Waals surface area contributed by atoms with Gasteiger partial charge in [-0.2, -0.15) is 0 Å². The van der Waals surface area contributed by atoms with Crippen LogP contribution >= 0.6 is 11.6 Å². The predicted molar refractivity (Wildman–Crippen MR) is 93.5 cm³/mol. The molecule has 2 aromatic carbocycles. The predicted octanol–water partition coefficient (Wildman–Crippen LogP) is 3.92. The summed E-state index contributed by atoms with van der Waals surface area (Å²) in [6.07, 6.45) is 0.149. The maximum atomic E-state index is 12.5. The third-order valence-electron chi connectivity index (χ3n) is 4.19. The van der Waals surface area contributed by atoms with Gasteiger partial charge in [0, 0.05) is 23.7 Å². The molecule has 1 fully saturated rings. The SMILES string of the molecule is Cc1cccc(C)c1OC(=O)[C@H]1CC(=O)N(c2cccc(Cl)c2)C1. The highest BCUT2D eigenvalue weighted by atomic mass is 35.5. The van der Waals surface area contributed by atoms with Gasteiger partial charge in [0.25, 0.3) is 0 Å². The third-order valence-corrected chi connectivity index (χ3v) is 4.42. The van der Waals surface area contributed by atoms with Gasteiger partial charge in [-0.05, 0) is 43.2 Å². The first-order valence-corrected chi connectivity index (χ1v) is 8.17. The van der Waals surface area contributed by atoms with Gasteiger partial charge in [0.15, 0.2) is 0 Å². The second-order valence-electron chi connectivity index (χ2n) is 6.03. The standard InChI is InChI=1S/C19H18ClNO3/c1-12-5-3-6-13(2)18(12)24-19(23)14-9-17(22)21(11-14)16-8-4-7-15(20)10-16/h3-8,10,14H,9,11H2,1-2H3/t14-/m0/s1. The second-order valence-corrected chi connectivity index (χ2v) is 6.46. The van der Waals surface area contributed by atoms with Crippen molar-refractivity contribution in [2.24, 2.45) is 5.92 Å². The summed E-state index contributed by atoms with van der Waals surface area (Å²) < 4.78 is 5.57. The molecule has 0 aromatic heterocycles. The number of ether oxygens (including phenoxy) is 1. The first kappa shape index (κ1) is 16.5. The Morgan fingerprint density at radius 3 is 2.50 bits per heavy atom. The number of carbonyl (C=O) groups is 2. The van der Waals surface area contributed by atoms with E-state index in [-0.39, 0.29) is 18.3 Å².